The summed E-state index contributed by atoms with van der Waals surface area (Å²) in [5, 5.41) is 2.94. The first-order valence-electron chi connectivity index (χ1n) is 6.71. The number of nitrogens with one attached hydrogen (secondary N) is 1. The van der Waals surface area contributed by atoms with Crippen LogP contribution >= 0.6 is 11.6 Å². The second-order valence-corrected chi connectivity index (χ2v) is 7.34. The average molecular weight is 338 g/mol. The minimum atomic E-state index is -3.40. The van der Waals surface area contributed by atoms with E-state index in [0.717, 1.165) is 18.2 Å². The zero-order valence-corrected chi connectivity index (χ0v) is 13.8. The van der Waals surface area contributed by atoms with Crippen LogP contribution in [0.15, 0.2) is 47.4 Å². The lowest BCUT2D eigenvalue weighted by Gasteiger charge is -2.09. The fraction of sp³-hybridized carbons (Fsp3) is 0.188. The summed E-state index contributed by atoms with van der Waals surface area (Å²) >= 11 is 6.01. The van der Waals surface area contributed by atoms with Crippen LogP contribution in [-0.4, -0.2) is 20.6 Å². The monoisotopic (exact) mass is 337 g/mol. The lowest BCUT2D eigenvalue weighted by Crippen LogP contribution is -2.13. The molecule has 0 heterocycles. The molecule has 0 atom stereocenters. The van der Waals surface area contributed by atoms with E-state index in [1.165, 1.54) is 18.2 Å². The Morgan fingerprint density at radius 3 is 2.55 bits per heavy atom. The maximum absolute atomic E-state index is 12.3. The Balaban J connectivity index is 2.33. The molecule has 0 aliphatic carbocycles. The highest BCUT2D eigenvalue weighted by Crippen LogP contribution is 2.22. The molecule has 0 bridgehead atoms. The van der Waals surface area contributed by atoms with E-state index in [-0.39, 0.29) is 15.5 Å². The summed E-state index contributed by atoms with van der Waals surface area (Å²) < 4.78 is 23.2. The van der Waals surface area contributed by atoms with Crippen molar-refractivity contribution in [3.8, 4) is 0 Å². The summed E-state index contributed by atoms with van der Waals surface area (Å²) in [6.45, 7) is 2.02. The Labute approximate surface area is 135 Å². The topological polar surface area (TPSA) is 63.2 Å². The number of carbonyl (C=O) groups is 1. The van der Waals surface area contributed by atoms with Crippen LogP contribution in [0, 0.1) is 0 Å². The van der Waals surface area contributed by atoms with Crippen LogP contribution < -0.4 is 5.32 Å². The lowest BCUT2D eigenvalue weighted by molar-refractivity contribution is 0.102. The quantitative estimate of drug-likeness (QED) is 0.927. The molecule has 116 valence electrons. The van der Waals surface area contributed by atoms with Crippen LogP contribution in [0.3, 0.4) is 0 Å². The van der Waals surface area contributed by atoms with E-state index >= 15 is 0 Å². The van der Waals surface area contributed by atoms with Gasteiger partial charge in [0, 0.05) is 11.9 Å². The molecule has 2 aromatic carbocycles. The fourth-order valence-electron chi connectivity index (χ4n) is 1.98. The molecule has 2 rings (SSSR count). The number of hydrogen-bond acceptors (Lipinski definition) is 3. The van der Waals surface area contributed by atoms with Crippen molar-refractivity contribution in [1.29, 1.82) is 0 Å². The molecule has 22 heavy (non-hydrogen) atoms. The van der Waals surface area contributed by atoms with E-state index in [0.29, 0.717) is 5.69 Å². The molecule has 0 unspecified atom stereocenters. The van der Waals surface area contributed by atoms with E-state index < -0.39 is 15.7 Å². The predicted molar refractivity (Wildman–Crippen MR) is 88.3 cm³/mol. The summed E-state index contributed by atoms with van der Waals surface area (Å²) in [5.41, 5.74) is 1.87. The highest BCUT2D eigenvalue weighted by molar-refractivity contribution is 7.90. The van der Waals surface area contributed by atoms with Gasteiger partial charge in [0.25, 0.3) is 5.91 Å². The summed E-state index contributed by atoms with van der Waals surface area (Å²) in [6, 6.07) is 11.5. The molecule has 4 nitrogen and oxygen atoms in total. The van der Waals surface area contributed by atoms with Gasteiger partial charge in [-0.1, -0.05) is 30.7 Å². The molecule has 0 aromatic heterocycles. The first-order valence-corrected chi connectivity index (χ1v) is 8.98. The van der Waals surface area contributed by atoms with Crippen LogP contribution in [0.2, 0.25) is 5.02 Å². The van der Waals surface area contributed by atoms with Crippen molar-refractivity contribution in [3.05, 3.63) is 58.6 Å². The minimum absolute atomic E-state index is 0.0596. The zero-order chi connectivity index (χ0) is 16.3. The molecule has 0 spiro atoms. The van der Waals surface area contributed by atoms with Gasteiger partial charge in [-0.15, -0.1) is 0 Å². The molecule has 0 radical (unpaired) electrons. The highest BCUT2D eigenvalue weighted by Gasteiger charge is 2.15. The smallest absolute Gasteiger partial charge is 0.257 e. The Bertz CT molecular complexity index is 816. The third-order valence-corrected chi connectivity index (χ3v) is 4.64. The van der Waals surface area contributed by atoms with Gasteiger partial charge in [0.1, 0.15) is 0 Å². The van der Waals surface area contributed by atoms with Gasteiger partial charge >= 0.3 is 0 Å². The van der Waals surface area contributed by atoms with Crippen molar-refractivity contribution in [3.63, 3.8) is 0 Å². The van der Waals surface area contributed by atoms with Gasteiger partial charge in [-0.05, 0) is 42.3 Å². The van der Waals surface area contributed by atoms with E-state index in [1.807, 2.05) is 25.1 Å². The molecule has 2 aromatic rings. The Morgan fingerprint density at radius 2 is 1.91 bits per heavy atom. The van der Waals surface area contributed by atoms with Crippen molar-refractivity contribution in [2.75, 3.05) is 11.6 Å². The zero-order valence-electron chi connectivity index (χ0n) is 12.3. The number of sulfone groups is 1. The van der Waals surface area contributed by atoms with Gasteiger partial charge in [0.15, 0.2) is 9.84 Å². The predicted octanol–water partition coefficient (Wildman–Crippen LogP) is 3.56. The Morgan fingerprint density at radius 1 is 1.18 bits per heavy atom. The van der Waals surface area contributed by atoms with Crippen molar-refractivity contribution in [2.24, 2.45) is 0 Å². The fourth-order valence-corrected chi connectivity index (χ4v) is 2.83. The molecular weight excluding hydrogens is 322 g/mol. The molecular formula is C16H16ClNO3S. The van der Waals surface area contributed by atoms with E-state index in [4.69, 9.17) is 11.6 Å². The number of benzene rings is 2. The van der Waals surface area contributed by atoms with Crippen LogP contribution in [0.4, 0.5) is 5.69 Å². The molecule has 0 saturated carbocycles. The van der Waals surface area contributed by atoms with E-state index in [1.54, 1.807) is 6.07 Å². The van der Waals surface area contributed by atoms with Gasteiger partial charge in [-0.3, -0.25) is 4.79 Å². The summed E-state index contributed by atoms with van der Waals surface area (Å²) in [4.78, 5) is 12.4. The number of amides is 1. The third kappa shape index (κ3) is 3.87. The largest absolute Gasteiger partial charge is 0.322 e. The number of anilines is 1. The Hall–Kier alpha value is -1.85. The van der Waals surface area contributed by atoms with Gasteiger partial charge in [0.2, 0.25) is 0 Å². The van der Waals surface area contributed by atoms with E-state index in [9.17, 15) is 13.2 Å². The molecule has 0 aliphatic rings. The van der Waals surface area contributed by atoms with Crippen molar-refractivity contribution >= 4 is 33.0 Å². The maximum atomic E-state index is 12.3. The van der Waals surface area contributed by atoms with Crippen LogP contribution in [0.5, 0.6) is 0 Å². The molecule has 6 heteroatoms. The van der Waals surface area contributed by atoms with Crippen LogP contribution in [0.25, 0.3) is 0 Å². The molecule has 0 aliphatic heterocycles. The SMILES string of the molecule is CCc1cccc(NC(=O)c2cc(S(C)(=O)=O)ccc2Cl)c1. The van der Waals surface area contributed by atoms with E-state index in [2.05, 4.69) is 5.32 Å². The molecule has 0 saturated heterocycles. The highest BCUT2D eigenvalue weighted by atomic mass is 35.5. The first kappa shape index (κ1) is 16.5. The number of rotatable bonds is 4. The van der Waals surface area contributed by atoms with Gasteiger partial charge < -0.3 is 5.32 Å². The van der Waals surface area contributed by atoms with Crippen molar-refractivity contribution in [1.82, 2.24) is 0 Å². The number of hydrogen-bond donors (Lipinski definition) is 1. The summed E-state index contributed by atoms with van der Waals surface area (Å²) in [5.74, 6) is -0.441. The molecule has 1 amide bonds. The molecule has 1 N–H and O–H groups in total. The third-order valence-electron chi connectivity index (χ3n) is 3.20. The standard InChI is InChI=1S/C16H16ClNO3S/c1-3-11-5-4-6-12(9-11)18-16(19)14-10-13(22(2,20)21)7-8-15(14)17/h4-10H,3H2,1-2H3,(H,18,19). The lowest BCUT2D eigenvalue weighted by atomic mass is 10.1. The van der Waals surface area contributed by atoms with Crippen molar-refractivity contribution in [2.45, 2.75) is 18.2 Å². The second-order valence-electron chi connectivity index (χ2n) is 4.92. The normalized spacial score (nSPS) is 11.2. The summed E-state index contributed by atoms with van der Waals surface area (Å²) in [7, 11) is -3.40. The minimum Gasteiger partial charge on any atom is -0.322 e. The van der Waals surface area contributed by atoms with Gasteiger partial charge in [0.05, 0.1) is 15.5 Å². The van der Waals surface area contributed by atoms with Crippen LogP contribution in [0.1, 0.15) is 22.8 Å². The average Bonchev–Trinajstić information content (AvgIpc) is 2.46. The van der Waals surface area contributed by atoms with Gasteiger partial charge in [-0.25, -0.2) is 8.42 Å². The second kappa shape index (κ2) is 6.50. The Kier molecular flexibility index (Phi) is 4.88. The van der Waals surface area contributed by atoms with Crippen molar-refractivity contribution < 1.29 is 13.2 Å². The number of halogens is 1. The maximum Gasteiger partial charge on any atom is 0.257 e. The first-order chi connectivity index (χ1) is 10.3. The number of aryl methyl sites for hydroxylation is 1. The summed E-state index contributed by atoms with van der Waals surface area (Å²) in [6.07, 6.45) is 1.94. The number of carbonyl (C=O) groups excluding carboxylic acids is 1. The molecule has 0 fully saturated rings. The van der Waals surface area contributed by atoms with Gasteiger partial charge in [-0.2, -0.15) is 0 Å². The van der Waals surface area contributed by atoms with Crippen LogP contribution in [-0.2, 0) is 16.3 Å².